The van der Waals surface area contributed by atoms with E-state index in [1.54, 1.807) is 36.4 Å². The predicted molar refractivity (Wildman–Crippen MR) is 177 cm³/mol. The molecule has 0 radical (unpaired) electrons. The first-order chi connectivity index (χ1) is 21.2. The number of ether oxygens (including phenoxy) is 3. The van der Waals surface area contributed by atoms with E-state index < -0.39 is 17.8 Å². The number of nitrogens with zero attached hydrogens (tertiary/aromatic N) is 1. The summed E-state index contributed by atoms with van der Waals surface area (Å²) in [6.45, 7) is 7.11. The zero-order chi connectivity index (χ0) is 31.2. The van der Waals surface area contributed by atoms with Crippen LogP contribution >= 0.6 is 22.6 Å². The molecule has 0 saturated carbocycles. The molecule has 224 valence electrons. The number of hydrogen-bond donors (Lipinski definition) is 1. The Morgan fingerprint density at radius 2 is 1.52 bits per heavy atom. The molecule has 1 N–H and O–H groups in total. The summed E-state index contributed by atoms with van der Waals surface area (Å²) in [6.07, 6.45) is 1.45. The van der Waals surface area contributed by atoms with Crippen molar-refractivity contribution in [2.45, 2.75) is 34.0 Å². The molecule has 0 aromatic heterocycles. The highest BCUT2D eigenvalue weighted by Gasteiger charge is 2.37. The molecule has 44 heavy (non-hydrogen) atoms. The molecule has 0 atom stereocenters. The Kier molecular flexibility index (Phi) is 9.64. The van der Waals surface area contributed by atoms with Gasteiger partial charge in [0.2, 0.25) is 0 Å². The van der Waals surface area contributed by atoms with Gasteiger partial charge in [-0.3, -0.25) is 14.9 Å². The third-order valence-corrected chi connectivity index (χ3v) is 7.84. The van der Waals surface area contributed by atoms with Crippen molar-refractivity contribution in [1.29, 1.82) is 0 Å². The first-order valence-corrected chi connectivity index (χ1v) is 15.1. The number of rotatable bonds is 10. The van der Waals surface area contributed by atoms with Crippen molar-refractivity contribution in [3.63, 3.8) is 0 Å². The van der Waals surface area contributed by atoms with E-state index >= 15 is 0 Å². The molecule has 1 heterocycles. The van der Waals surface area contributed by atoms with Crippen LogP contribution in [0.1, 0.15) is 34.7 Å². The number of halogens is 1. The van der Waals surface area contributed by atoms with Gasteiger partial charge in [-0.1, -0.05) is 48.5 Å². The van der Waals surface area contributed by atoms with Crippen molar-refractivity contribution in [1.82, 2.24) is 5.32 Å². The van der Waals surface area contributed by atoms with Crippen LogP contribution in [-0.4, -0.2) is 24.5 Å². The number of hydrogen-bond acceptors (Lipinski definition) is 6. The maximum absolute atomic E-state index is 13.5. The van der Waals surface area contributed by atoms with Crippen molar-refractivity contribution in [3.8, 4) is 17.2 Å². The molecule has 0 unspecified atom stereocenters. The second-order valence-corrected chi connectivity index (χ2v) is 11.4. The number of amides is 4. The van der Waals surface area contributed by atoms with Gasteiger partial charge in [-0.2, -0.15) is 0 Å². The van der Waals surface area contributed by atoms with Crippen molar-refractivity contribution in [3.05, 3.63) is 122 Å². The van der Waals surface area contributed by atoms with Gasteiger partial charge in [0.1, 0.15) is 24.5 Å². The van der Waals surface area contributed by atoms with E-state index in [1.807, 2.05) is 43.3 Å². The molecule has 1 aliphatic rings. The van der Waals surface area contributed by atoms with Crippen molar-refractivity contribution in [2.75, 3.05) is 11.5 Å². The van der Waals surface area contributed by atoms with Gasteiger partial charge in [0.25, 0.3) is 11.8 Å². The molecular weight excluding hydrogens is 671 g/mol. The van der Waals surface area contributed by atoms with E-state index in [9.17, 15) is 14.4 Å². The molecule has 0 bridgehead atoms. The molecular formula is C35H31IN2O6. The van der Waals surface area contributed by atoms with Gasteiger partial charge in [-0.05, 0) is 114 Å². The van der Waals surface area contributed by atoms with E-state index in [0.717, 1.165) is 19.6 Å². The first kappa shape index (κ1) is 30.8. The van der Waals surface area contributed by atoms with Gasteiger partial charge in [-0.25, -0.2) is 9.69 Å². The van der Waals surface area contributed by atoms with Crippen LogP contribution in [-0.2, 0) is 22.8 Å². The lowest BCUT2D eigenvalue weighted by Crippen LogP contribution is -2.54. The number of aryl methyl sites for hydroxylation is 2. The largest absolute Gasteiger partial charge is 0.490 e. The number of benzene rings is 4. The summed E-state index contributed by atoms with van der Waals surface area (Å²) in [6, 6.07) is 25.1. The Morgan fingerprint density at radius 1 is 0.795 bits per heavy atom. The number of anilines is 1. The Balaban J connectivity index is 1.36. The lowest BCUT2D eigenvalue weighted by molar-refractivity contribution is -0.122. The summed E-state index contributed by atoms with van der Waals surface area (Å²) >= 11 is 2.14. The van der Waals surface area contributed by atoms with Gasteiger partial charge in [-0.15, -0.1) is 0 Å². The van der Waals surface area contributed by atoms with Gasteiger partial charge in [0.05, 0.1) is 15.9 Å². The minimum atomic E-state index is -0.824. The maximum Gasteiger partial charge on any atom is 0.335 e. The summed E-state index contributed by atoms with van der Waals surface area (Å²) in [4.78, 5) is 40.0. The molecule has 5 rings (SSSR count). The minimum Gasteiger partial charge on any atom is -0.490 e. The first-order valence-electron chi connectivity index (χ1n) is 14.1. The van der Waals surface area contributed by atoms with Gasteiger partial charge < -0.3 is 14.2 Å². The second kappa shape index (κ2) is 13.8. The van der Waals surface area contributed by atoms with E-state index in [1.165, 1.54) is 17.2 Å². The Hall–Kier alpha value is -4.64. The van der Waals surface area contributed by atoms with Crippen LogP contribution in [0.4, 0.5) is 10.5 Å². The molecule has 1 aliphatic heterocycles. The zero-order valence-electron chi connectivity index (χ0n) is 24.6. The average molecular weight is 703 g/mol. The smallest absolute Gasteiger partial charge is 0.335 e. The third-order valence-electron chi connectivity index (χ3n) is 7.04. The molecule has 0 spiro atoms. The quantitative estimate of drug-likeness (QED) is 0.107. The molecule has 1 saturated heterocycles. The molecule has 4 aromatic carbocycles. The number of barbiturate groups is 1. The van der Waals surface area contributed by atoms with Crippen LogP contribution in [0, 0.1) is 17.4 Å². The highest BCUT2D eigenvalue weighted by molar-refractivity contribution is 14.1. The number of imide groups is 2. The summed E-state index contributed by atoms with van der Waals surface area (Å²) in [7, 11) is 0. The highest BCUT2D eigenvalue weighted by atomic mass is 127. The van der Waals surface area contributed by atoms with E-state index in [2.05, 4.69) is 53.9 Å². The molecule has 4 amide bonds. The molecule has 8 nitrogen and oxygen atoms in total. The Morgan fingerprint density at radius 3 is 2.23 bits per heavy atom. The summed E-state index contributed by atoms with van der Waals surface area (Å²) in [5.74, 6) is 0.116. The van der Waals surface area contributed by atoms with Crippen molar-refractivity contribution in [2.24, 2.45) is 0 Å². The standard InChI is InChI=1S/C35H31IN2O6/c1-4-42-31-19-26(18-30(36)32(31)44-21-25-11-10-22(2)23(3)16-25)17-29-33(39)37-35(41)38(34(29)40)27-12-14-28(15-13-27)43-20-24-8-6-5-7-9-24/h5-19H,4,20-21H2,1-3H3,(H,37,39,41)/b29-17+. The third kappa shape index (κ3) is 7.11. The molecule has 4 aromatic rings. The Bertz CT molecular complexity index is 1730. The Labute approximate surface area is 269 Å². The van der Waals surface area contributed by atoms with E-state index in [4.69, 9.17) is 14.2 Å². The molecule has 9 heteroatoms. The van der Waals surface area contributed by atoms with Crippen LogP contribution in [0.25, 0.3) is 6.08 Å². The van der Waals surface area contributed by atoms with E-state index in [-0.39, 0.29) is 5.57 Å². The molecule has 0 aliphatic carbocycles. The minimum absolute atomic E-state index is 0.184. The zero-order valence-corrected chi connectivity index (χ0v) is 26.7. The van der Waals surface area contributed by atoms with Crippen molar-refractivity contribution >= 4 is 52.2 Å². The topological polar surface area (TPSA) is 94.2 Å². The lowest BCUT2D eigenvalue weighted by atomic mass is 10.1. The fourth-order valence-electron chi connectivity index (χ4n) is 4.61. The summed E-state index contributed by atoms with van der Waals surface area (Å²) in [5.41, 5.74) is 5.11. The van der Waals surface area contributed by atoms with E-state index in [0.29, 0.717) is 48.3 Å². The number of urea groups is 1. The molecule has 1 fully saturated rings. The number of carbonyl (C=O) groups is 3. The van der Waals surface area contributed by atoms with Gasteiger partial charge >= 0.3 is 6.03 Å². The van der Waals surface area contributed by atoms with Crippen LogP contribution in [0.15, 0.2) is 90.5 Å². The number of carbonyl (C=O) groups excluding carboxylic acids is 3. The summed E-state index contributed by atoms with van der Waals surface area (Å²) < 4.78 is 18.6. The average Bonchev–Trinajstić information content (AvgIpc) is 3.01. The lowest BCUT2D eigenvalue weighted by Gasteiger charge is -2.26. The maximum atomic E-state index is 13.5. The second-order valence-electron chi connectivity index (χ2n) is 10.2. The number of nitrogens with one attached hydrogen (secondary N) is 1. The fourth-order valence-corrected chi connectivity index (χ4v) is 5.40. The normalized spacial score (nSPS) is 14.0. The van der Waals surface area contributed by atoms with Crippen LogP contribution in [0.5, 0.6) is 17.2 Å². The SMILES string of the molecule is CCOc1cc(/C=C2\C(=O)NC(=O)N(c3ccc(OCc4ccccc4)cc3)C2=O)cc(I)c1OCc1ccc(C)c(C)c1. The predicted octanol–water partition coefficient (Wildman–Crippen LogP) is 7.13. The van der Waals surface area contributed by atoms with Crippen LogP contribution < -0.4 is 24.4 Å². The summed E-state index contributed by atoms with van der Waals surface area (Å²) in [5, 5.41) is 2.27. The van der Waals surface area contributed by atoms with Crippen molar-refractivity contribution < 1.29 is 28.6 Å². The van der Waals surface area contributed by atoms with Gasteiger partial charge in [0.15, 0.2) is 11.5 Å². The monoisotopic (exact) mass is 702 g/mol. The fraction of sp³-hybridized carbons (Fsp3) is 0.171. The van der Waals surface area contributed by atoms with Gasteiger partial charge in [0, 0.05) is 0 Å². The highest BCUT2D eigenvalue weighted by Crippen LogP contribution is 2.36. The van der Waals surface area contributed by atoms with Crippen LogP contribution in [0.3, 0.4) is 0 Å². The van der Waals surface area contributed by atoms with Crippen LogP contribution in [0.2, 0.25) is 0 Å².